The minimum absolute atomic E-state index is 0.0970. The molecule has 7 nitrogen and oxygen atoms in total. The number of pyridine rings is 1. The molecule has 4 N–H and O–H groups in total. The molecule has 0 spiro atoms. The molecule has 0 radical (unpaired) electrons. The van der Waals surface area contributed by atoms with Gasteiger partial charge in [-0.05, 0) is 63.5 Å². The zero-order valence-electron chi connectivity index (χ0n) is 19.6. The maximum Gasteiger partial charge on any atom is 0.387 e. The molecule has 0 aromatic carbocycles. The molecule has 1 aromatic rings. The summed E-state index contributed by atoms with van der Waals surface area (Å²) in [5, 5.41) is 0. The van der Waals surface area contributed by atoms with Gasteiger partial charge in [0, 0.05) is 61.4 Å². The first-order valence-corrected chi connectivity index (χ1v) is 11.8. The summed E-state index contributed by atoms with van der Waals surface area (Å²) < 4.78 is 35.3. The van der Waals surface area contributed by atoms with E-state index >= 15 is 0 Å². The van der Waals surface area contributed by atoms with E-state index in [9.17, 15) is 8.78 Å². The number of nitrogens with two attached hydrogens (primary N) is 2. The van der Waals surface area contributed by atoms with Crippen LogP contribution in [-0.4, -0.2) is 60.6 Å². The highest BCUT2D eigenvalue weighted by Crippen LogP contribution is 2.59. The number of nitrogen functional groups attached to an aromatic ring is 1. The lowest BCUT2D eigenvalue weighted by Crippen LogP contribution is -2.43. The normalized spacial score (nSPS) is 29.1. The highest BCUT2D eigenvalue weighted by Gasteiger charge is 2.58. The second-order valence-corrected chi connectivity index (χ2v) is 9.68. The van der Waals surface area contributed by atoms with E-state index in [2.05, 4.69) is 14.6 Å². The number of halogens is 2. The summed E-state index contributed by atoms with van der Waals surface area (Å²) >= 11 is 0. The molecule has 3 aliphatic rings. The lowest BCUT2D eigenvalue weighted by molar-refractivity contribution is -0.0495. The third kappa shape index (κ3) is 5.46. The van der Waals surface area contributed by atoms with Gasteiger partial charge in [-0.25, -0.2) is 4.98 Å². The van der Waals surface area contributed by atoms with Crippen molar-refractivity contribution in [1.82, 2.24) is 9.88 Å². The lowest BCUT2D eigenvalue weighted by Gasteiger charge is -2.36. The highest BCUT2D eigenvalue weighted by molar-refractivity contribution is 6.04. The van der Waals surface area contributed by atoms with Crippen molar-refractivity contribution in [3.63, 3.8) is 0 Å². The minimum Gasteiger partial charge on any atom is -0.431 e. The van der Waals surface area contributed by atoms with Crippen LogP contribution in [0.1, 0.15) is 45.1 Å². The van der Waals surface area contributed by atoms with Gasteiger partial charge in [-0.15, -0.1) is 0 Å². The van der Waals surface area contributed by atoms with Crippen molar-refractivity contribution in [3.8, 4) is 5.75 Å². The molecular formula is C24H35F2N5O2. The van der Waals surface area contributed by atoms with Crippen molar-refractivity contribution in [3.05, 3.63) is 23.9 Å². The van der Waals surface area contributed by atoms with Gasteiger partial charge in [0.1, 0.15) is 0 Å². The van der Waals surface area contributed by atoms with Crippen LogP contribution in [-0.2, 0) is 4.74 Å². The summed E-state index contributed by atoms with van der Waals surface area (Å²) in [5.41, 5.74) is 13.9. The number of fused-ring (bicyclic) bond motifs is 1. The van der Waals surface area contributed by atoms with E-state index in [1.807, 2.05) is 19.9 Å². The number of piperidine rings is 1. The van der Waals surface area contributed by atoms with Gasteiger partial charge >= 0.3 is 6.61 Å². The molecule has 0 bridgehead atoms. The van der Waals surface area contributed by atoms with Crippen LogP contribution >= 0.6 is 0 Å². The largest absolute Gasteiger partial charge is 0.431 e. The highest BCUT2D eigenvalue weighted by atomic mass is 19.3. The van der Waals surface area contributed by atoms with Gasteiger partial charge in [0.2, 0.25) is 0 Å². The molecular weight excluding hydrogens is 428 g/mol. The molecule has 1 aliphatic heterocycles. The Balaban J connectivity index is 1.44. The minimum atomic E-state index is -2.98. The maximum atomic E-state index is 12.7. The number of hydrogen-bond acceptors (Lipinski definition) is 7. The lowest BCUT2D eigenvalue weighted by atomic mass is 9.98. The predicted molar refractivity (Wildman–Crippen MR) is 125 cm³/mol. The van der Waals surface area contributed by atoms with Crippen molar-refractivity contribution in [1.29, 1.82) is 0 Å². The number of alkyl halides is 2. The fourth-order valence-corrected chi connectivity index (χ4v) is 5.59. The van der Waals surface area contributed by atoms with Gasteiger partial charge in [-0.1, -0.05) is 0 Å². The molecule has 0 amide bonds. The van der Waals surface area contributed by atoms with Crippen molar-refractivity contribution in [2.24, 2.45) is 28.5 Å². The monoisotopic (exact) mass is 463 g/mol. The first kappa shape index (κ1) is 23.9. The second kappa shape index (κ2) is 9.93. The first-order valence-electron chi connectivity index (χ1n) is 11.8. The number of likely N-dealkylation sites (tertiary alicyclic amines) is 1. The van der Waals surface area contributed by atoms with Crippen LogP contribution in [0.15, 0.2) is 23.3 Å². The van der Waals surface area contributed by atoms with Crippen LogP contribution in [0.5, 0.6) is 5.75 Å². The average Bonchev–Trinajstić information content (AvgIpc) is 3.27. The topological polar surface area (TPSA) is 99.0 Å². The summed E-state index contributed by atoms with van der Waals surface area (Å²) in [6, 6.07) is 2.18. The molecule has 1 aromatic heterocycles. The summed E-state index contributed by atoms with van der Waals surface area (Å²) in [4.78, 5) is 11.5. The van der Waals surface area contributed by atoms with Crippen molar-refractivity contribution in [2.75, 3.05) is 25.9 Å². The zero-order chi connectivity index (χ0) is 23.7. The molecule has 182 valence electrons. The fourth-order valence-electron chi connectivity index (χ4n) is 5.59. The number of ether oxygens (including phenoxy) is 2. The molecule has 2 unspecified atom stereocenters. The van der Waals surface area contributed by atoms with Crippen molar-refractivity contribution in [2.45, 2.75) is 64.3 Å². The van der Waals surface area contributed by atoms with E-state index in [4.69, 9.17) is 21.2 Å². The molecule has 2 aliphatic carbocycles. The SMILES string of the molecule is COC1CCN(C2CC3C(C2)C3C(C=C(N)c2cnc(N)c(OC(F)F)c2)=NC(C)C)CC1. The van der Waals surface area contributed by atoms with Gasteiger partial charge in [-0.2, -0.15) is 8.78 Å². The molecule has 3 fully saturated rings. The predicted octanol–water partition coefficient (Wildman–Crippen LogP) is 3.55. The Labute approximate surface area is 194 Å². The number of allylic oxidation sites excluding steroid dienone is 1. The Morgan fingerprint density at radius 2 is 1.91 bits per heavy atom. The van der Waals surface area contributed by atoms with Crippen LogP contribution in [0.2, 0.25) is 0 Å². The number of hydrogen-bond donors (Lipinski definition) is 2. The maximum absolute atomic E-state index is 12.7. The third-order valence-electron chi connectivity index (χ3n) is 7.23. The van der Waals surface area contributed by atoms with Crippen molar-refractivity contribution < 1.29 is 18.3 Å². The Kier molecular flexibility index (Phi) is 7.19. The average molecular weight is 464 g/mol. The van der Waals surface area contributed by atoms with E-state index in [1.54, 1.807) is 7.11 Å². The first-order chi connectivity index (χ1) is 15.8. The van der Waals surface area contributed by atoms with Gasteiger partial charge in [0.05, 0.1) is 6.10 Å². The van der Waals surface area contributed by atoms with E-state index < -0.39 is 6.61 Å². The van der Waals surface area contributed by atoms with E-state index in [0.717, 1.165) is 31.6 Å². The van der Waals surface area contributed by atoms with E-state index in [-0.39, 0.29) is 17.6 Å². The number of aromatic nitrogens is 1. The van der Waals surface area contributed by atoms with Gasteiger partial charge in [0.25, 0.3) is 0 Å². The van der Waals surface area contributed by atoms with Gasteiger partial charge < -0.3 is 25.8 Å². The number of anilines is 1. The zero-order valence-corrected chi connectivity index (χ0v) is 19.6. The second-order valence-electron chi connectivity index (χ2n) is 9.68. The third-order valence-corrected chi connectivity index (χ3v) is 7.23. The smallest absolute Gasteiger partial charge is 0.387 e. The summed E-state index contributed by atoms with van der Waals surface area (Å²) in [7, 11) is 1.80. The summed E-state index contributed by atoms with van der Waals surface area (Å²) in [5.74, 6) is 1.37. The molecule has 1 saturated heterocycles. The Hall–Kier alpha value is -2.26. The van der Waals surface area contributed by atoms with Crippen LogP contribution < -0.4 is 16.2 Å². The molecule has 9 heteroatoms. The van der Waals surface area contributed by atoms with Gasteiger partial charge in [-0.3, -0.25) is 4.99 Å². The quantitative estimate of drug-likeness (QED) is 0.572. The number of nitrogens with zero attached hydrogens (tertiary/aromatic N) is 3. The molecule has 2 heterocycles. The fraction of sp³-hybridized carbons (Fsp3) is 0.667. The standard InChI is InChI=1S/C24H35F2N5O2/c1-13(2)30-20(11-19(27)14-8-21(33-24(25)26)23(28)29-12-14)22-17-9-15(10-18(17)22)31-6-4-16(32-3)5-7-31/h8,11-13,15-18,22,24H,4-7,9-10,27H2,1-3H3,(H2,28,29). The Morgan fingerprint density at radius 1 is 1.24 bits per heavy atom. The van der Waals surface area contributed by atoms with Gasteiger partial charge in [0.15, 0.2) is 11.6 Å². The Morgan fingerprint density at radius 3 is 2.48 bits per heavy atom. The number of rotatable bonds is 8. The van der Waals surface area contributed by atoms with E-state index in [1.165, 1.54) is 25.1 Å². The van der Waals surface area contributed by atoms with E-state index in [0.29, 0.717) is 41.2 Å². The van der Waals surface area contributed by atoms with Crippen molar-refractivity contribution >= 4 is 17.2 Å². The van der Waals surface area contributed by atoms with Crippen LogP contribution in [0.25, 0.3) is 5.70 Å². The summed E-state index contributed by atoms with van der Waals surface area (Å²) in [6.07, 6.45) is 8.34. The number of aliphatic imine (C=N–C) groups is 1. The molecule has 2 atom stereocenters. The van der Waals surface area contributed by atoms with Crippen LogP contribution in [0.3, 0.4) is 0 Å². The summed E-state index contributed by atoms with van der Waals surface area (Å²) in [6.45, 7) is 3.33. The Bertz CT molecular complexity index is 887. The molecule has 33 heavy (non-hydrogen) atoms. The van der Waals surface area contributed by atoms with Crippen LogP contribution in [0, 0.1) is 17.8 Å². The molecule has 4 rings (SSSR count). The number of methoxy groups -OCH3 is 1. The molecule has 2 saturated carbocycles. The van der Waals surface area contributed by atoms with Crippen LogP contribution in [0.4, 0.5) is 14.6 Å².